The summed E-state index contributed by atoms with van der Waals surface area (Å²) in [5.41, 5.74) is 4.41. The summed E-state index contributed by atoms with van der Waals surface area (Å²) in [5, 5.41) is 25.4. The molecule has 4 aromatic rings. The molecule has 140 valence electrons. The Morgan fingerprint density at radius 3 is 2.21 bits per heavy atom. The zero-order chi connectivity index (χ0) is 20.1. The summed E-state index contributed by atoms with van der Waals surface area (Å²) >= 11 is 0. The lowest BCUT2D eigenvalue weighted by Gasteiger charge is -2.07. The largest absolute Gasteiger partial charge is 0.351 e. The number of benzene rings is 2. The molecule has 4 N–H and O–H groups in total. The van der Waals surface area contributed by atoms with Gasteiger partial charge in [0.2, 0.25) is 11.5 Å². The molecule has 0 saturated heterocycles. The fraction of sp³-hybridized carbons (Fsp3) is 0.0909. The van der Waals surface area contributed by atoms with Crippen LogP contribution in [0.5, 0.6) is 0 Å². The molecule has 0 spiro atoms. The van der Waals surface area contributed by atoms with Crippen LogP contribution in [-0.4, -0.2) is 9.97 Å². The van der Waals surface area contributed by atoms with Gasteiger partial charge in [-0.1, -0.05) is 29.2 Å². The van der Waals surface area contributed by atoms with Crippen LogP contribution in [0.3, 0.4) is 0 Å². The number of hydrogen-bond acceptors (Lipinski definition) is 5. The highest BCUT2D eigenvalue weighted by Crippen LogP contribution is 2.24. The van der Waals surface area contributed by atoms with Crippen molar-refractivity contribution in [3.63, 3.8) is 0 Å². The molecule has 0 atom stereocenters. The maximum Gasteiger partial charge on any atom is 0.351 e. The summed E-state index contributed by atoms with van der Waals surface area (Å²) in [7, 11) is 0. The van der Waals surface area contributed by atoms with E-state index in [-0.39, 0.29) is 0 Å². The first-order valence-electron chi connectivity index (χ1n) is 9.11. The Morgan fingerprint density at radius 2 is 1.55 bits per heavy atom. The maximum absolute atomic E-state index is 8.93. The van der Waals surface area contributed by atoms with Gasteiger partial charge in [0.25, 0.3) is 0 Å². The SMILES string of the molecule is N#CCc1cccc(Nc2nc(Nc3cccc(CC#N)c3)c3cc[nH]c3[nH+]2)c1. The van der Waals surface area contributed by atoms with Crippen molar-refractivity contribution in [1.82, 2.24) is 9.97 Å². The maximum atomic E-state index is 8.93. The fourth-order valence-corrected chi connectivity index (χ4v) is 3.12. The van der Waals surface area contributed by atoms with Crippen LogP contribution in [0.1, 0.15) is 11.1 Å². The van der Waals surface area contributed by atoms with Crippen LogP contribution >= 0.6 is 0 Å². The van der Waals surface area contributed by atoms with Gasteiger partial charge in [0.05, 0.1) is 36.1 Å². The number of fused-ring (bicyclic) bond motifs is 1. The van der Waals surface area contributed by atoms with Gasteiger partial charge in [-0.2, -0.15) is 10.5 Å². The van der Waals surface area contributed by atoms with E-state index in [0.29, 0.717) is 24.6 Å². The Labute approximate surface area is 167 Å². The van der Waals surface area contributed by atoms with Crippen molar-refractivity contribution in [2.24, 2.45) is 0 Å². The van der Waals surface area contributed by atoms with Gasteiger partial charge < -0.3 is 5.32 Å². The number of rotatable bonds is 6. The van der Waals surface area contributed by atoms with E-state index >= 15 is 0 Å². The molecule has 4 rings (SSSR count). The molecule has 0 aliphatic rings. The van der Waals surface area contributed by atoms with E-state index in [1.54, 1.807) is 0 Å². The second kappa shape index (κ2) is 8.12. The van der Waals surface area contributed by atoms with Gasteiger partial charge in [-0.15, -0.1) is 0 Å². The van der Waals surface area contributed by atoms with Gasteiger partial charge in [0.1, 0.15) is 0 Å². The van der Waals surface area contributed by atoms with Crippen LogP contribution in [0.25, 0.3) is 11.0 Å². The molecular formula is C22H18N7+. The smallest absolute Gasteiger partial charge is 0.329 e. The van der Waals surface area contributed by atoms with Gasteiger partial charge in [-0.25, -0.2) is 4.98 Å². The quantitative estimate of drug-likeness (QED) is 0.468. The fourth-order valence-electron chi connectivity index (χ4n) is 3.12. The molecule has 0 fully saturated rings. The molecule has 0 aliphatic heterocycles. The lowest BCUT2D eigenvalue weighted by Crippen LogP contribution is -2.15. The predicted molar refractivity (Wildman–Crippen MR) is 111 cm³/mol. The Balaban J connectivity index is 1.66. The average molecular weight is 380 g/mol. The Kier molecular flexibility index (Phi) is 5.04. The highest BCUT2D eigenvalue weighted by molar-refractivity contribution is 5.87. The van der Waals surface area contributed by atoms with Crippen LogP contribution < -0.4 is 15.6 Å². The lowest BCUT2D eigenvalue weighted by atomic mass is 10.1. The van der Waals surface area contributed by atoms with E-state index in [2.05, 4.69) is 37.7 Å². The molecule has 2 aromatic carbocycles. The van der Waals surface area contributed by atoms with Crippen LogP contribution in [-0.2, 0) is 12.8 Å². The minimum Gasteiger partial charge on any atom is -0.329 e. The minimum absolute atomic E-state index is 0.355. The average Bonchev–Trinajstić information content (AvgIpc) is 3.18. The zero-order valence-electron chi connectivity index (χ0n) is 15.5. The summed E-state index contributed by atoms with van der Waals surface area (Å²) < 4.78 is 0. The van der Waals surface area contributed by atoms with E-state index < -0.39 is 0 Å². The van der Waals surface area contributed by atoms with E-state index in [0.717, 1.165) is 33.5 Å². The molecule has 0 amide bonds. The molecule has 2 aromatic heterocycles. The van der Waals surface area contributed by atoms with E-state index in [1.165, 1.54) is 0 Å². The van der Waals surface area contributed by atoms with Gasteiger partial charge in [0.15, 0.2) is 0 Å². The molecule has 0 bridgehead atoms. The van der Waals surface area contributed by atoms with Crippen molar-refractivity contribution in [2.75, 3.05) is 10.6 Å². The van der Waals surface area contributed by atoms with Crippen LogP contribution in [0.2, 0.25) is 0 Å². The third kappa shape index (κ3) is 4.15. The molecule has 2 heterocycles. The molecular weight excluding hydrogens is 362 g/mol. The topological polar surface area (TPSA) is 114 Å². The van der Waals surface area contributed by atoms with Gasteiger partial charge >= 0.3 is 5.95 Å². The van der Waals surface area contributed by atoms with Crippen molar-refractivity contribution in [2.45, 2.75) is 12.8 Å². The number of nitrogens with zero attached hydrogens (tertiary/aromatic N) is 3. The molecule has 0 saturated carbocycles. The normalized spacial score (nSPS) is 10.3. The number of hydrogen-bond donors (Lipinski definition) is 3. The summed E-state index contributed by atoms with van der Waals surface area (Å²) in [6.45, 7) is 0. The first-order valence-corrected chi connectivity index (χ1v) is 9.11. The molecule has 0 radical (unpaired) electrons. The van der Waals surface area contributed by atoms with Crippen LogP contribution in [0.4, 0.5) is 23.1 Å². The number of nitriles is 2. The number of aromatic nitrogens is 3. The van der Waals surface area contributed by atoms with E-state index in [1.807, 2.05) is 60.8 Å². The first kappa shape index (κ1) is 18.0. The standard InChI is InChI=1S/C22H17N7/c23-10-7-15-3-1-5-17(13-15)26-21-19-9-12-25-20(19)28-22(29-21)27-18-6-2-4-16(14-18)8-11-24/h1-6,9,12-14H,7-8H2,(H3,25,26,27,28,29)/p+1. The summed E-state index contributed by atoms with van der Waals surface area (Å²) in [6, 6.07) is 21.7. The third-order valence-corrected chi connectivity index (χ3v) is 4.41. The van der Waals surface area contributed by atoms with Crippen molar-refractivity contribution in [3.05, 3.63) is 71.9 Å². The predicted octanol–water partition coefficient (Wildman–Crippen LogP) is 4.00. The Bertz CT molecular complexity index is 1240. The molecule has 7 nitrogen and oxygen atoms in total. The van der Waals surface area contributed by atoms with Crippen LogP contribution in [0.15, 0.2) is 60.8 Å². The highest BCUT2D eigenvalue weighted by Gasteiger charge is 2.15. The number of H-pyrrole nitrogens is 2. The Hall–Kier alpha value is -4.36. The summed E-state index contributed by atoms with van der Waals surface area (Å²) in [5.74, 6) is 1.24. The third-order valence-electron chi connectivity index (χ3n) is 4.41. The van der Waals surface area contributed by atoms with Crippen molar-refractivity contribution in [3.8, 4) is 12.1 Å². The first-order chi connectivity index (χ1) is 14.2. The number of anilines is 4. The zero-order valence-corrected chi connectivity index (χ0v) is 15.5. The van der Waals surface area contributed by atoms with Crippen molar-refractivity contribution < 1.29 is 4.98 Å². The summed E-state index contributed by atoms with van der Waals surface area (Å²) in [6.07, 6.45) is 2.56. The minimum atomic E-state index is 0.355. The summed E-state index contributed by atoms with van der Waals surface area (Å²) in [4.78, 5) is 11.1. The highest BCUT2D eigenvalue weighted by atomic mass is 15.2. The second-order valence-corrected chi connectivity index (χ2v) is 6.52. The van der Waals surface area contributed by atoms with E-state index in [4.69, 9.17) is 10.5 Å². The lowest BCUT2D eigenvalue weighted by molar-refractivity contribution is -0.333. The molecule has 7 heteroatoms. The van der Waals surface area contributed by atoms with Gasteiger partial charge in [-0.05, 0) is 41.5 Å². The van der Waals surface area contributed by atoms with Crippen molar-refractivity contribution in [1.29, 1.82) is 10.5 Å². The number of aromatic amines is 2. The Morgan fingerprint density at radius 1 is 0.897 bits per heavy atom. The molecule has 29 heavy (non-hydrogen) atoms. The van der Waals surface area contributed by atoms with E-state index in [9.17, 15) is 0 Å². The van der Waals surface area contributed by atoms with Gasteiger partial charge in [-0.3, -0.25) is 10.3 Å². The van der Waals surface area contributed by atoms with Crippen molar-refractivity contribution >= 4 is 34.2 Å². The number of nitrogens with one attached hydrogen (secondary N) is 4. The molecule has 0 unspecified atom stereocenters. The van der Waals surface area contributed by atoms with Crippen LogP contribution in [0, 0.1) is 22.7 Å². The second-order valence-electron chi connectivity index (χ2n) is 6.52. The molecule has 0 aliphatic carbocycles. The monoisotopic (exact) mass is 380 g/mol. The van der Waals surface area contributed by atoms with Gasteiger partial charge in [0, 0.05) is 11.9 Å².